The van der Waals surface area contributed by atoms with Crippen LogP contribution in [0.4, 0.5) is 4.79 Å². The van der Waals surface area contributed by atoms with Crippen LogP contribution in [0.25, 0.3) is 0 Å². The molecule has 2 unspecified atom stereocenters. The fraction of sp³-hybridized carbons (Fsp3) is 0.923. The molecule has 5 nitrogen and oxygen atoms in total. The van der Waals surface area contributed by atoms with Gasteiger partial charge in [0.1, 0.15) is 5.60 Å². The Hall–Kier alpha value is -0.810. The van der Waals surface area contributed by atoms with Gasteiger partial charge in [-0.3, -0.25) is 0 Å². The zero-order valence-corrected chi connectivity index (χ0v) is 12.5. The van der Waals surface area contributed by atoms with E-state index in [1.165, 1.54) is 0 Å². The molecule has 0 saturated carbocycles. The molecule has 0 spiro atoms. The number of alkyl carbamates (subject to hydrolysis) is 1. The van der Waals surface area contributed by atoms with Gasteiger partial charge < -0.3 is 21.1 Å². The number of nitrogens with one attached hydrogen (secondary N) is 2. The van der Waals surface area contributed by atoms with Crippen LogP contribution in [0.2, 0.25) is 0 Å². The molecule has 18 heavy (non-hydrogen) atoms. The average molecular weight is 259 g/mol. The Morgan fingerprint density at radius 3 is 2.22 bits per heavy atom. The van der Waals surface area contributed by atoms with E-state index >= 15 is 0 Å². The second-order valence-electron chi connectivity index (χ2n) is 6.04. The predicted octanol–water partition coefficient (Wildman–Crippen LogP) is 1.47. The van der Waals surface area contributed by atoms with Crippen molar-refractivity contribution in [2.24, 2.45) is 11.7 Å². The number of amides is 1. The number of hydrogen-bond acceptors (Lipinski definition) is 4. The van der Waals surface area contributed by atoms with Crippen LogP contribution in [0, 0.1) is 5.92 Å². The monoisotopic (exact) mass is 259 g/mol. The minimum Gasteiger partial charge on any atom is -0.444 e. The van der Waals surface area contributed by atoms with Crippen molar-refractivity contribution < 1.29 is 9.53 Å². The zero-order valence-electron chi connectivity index (χ0n) is 12.5. The molecule has 1 amide bonds. The smallest absolute Gasteiger partial charge is 0.407 e. The maximum absolute atomic E-state index is 11.6. The standard InChI is InChI=1S/C13H29N3O2/c1-9(2)11(16-10(3)7-14)8-15-12(17)18-13(4,5)6/h9-11,16H,7-8,14H2,1-6H3,(H,15,17). The van der Waals surface area contributed by atoms with E-state index in [9.17, 15) is 4.79 Å². The molecule has 0 bridgehead atoms. The summed E-state index contributed by atoms with van der Waals surface area (Å²) in [6, 6.07) is 0.425. The quantitative estimate of drug-likeness (QED) is 0.675. The van der Waals surface area contributed by atoms with E-state index in [1.54, 1.807) is 0 Å². The van der Waals surface area contributed by atoms with Crippen LogP contribution in [-0.4, -0.2) is 36.9 Å². The molecular formula is C13H29N3O2. The zero-order chi connectivity index (χ0) is 14.3. The summed E-state index contributed by atoms with van der Waals surface area (Å²) < 4.78 is 5.20. The molecule has 0 aromatic heterocycles. The molecule has 0 heterocycles. The first kappa shape index (κ1) is 17.2. The second kappa shape index (κ2) is 7.59. The highest BCUT2D eigenvalue weighted by molar-refractivity contribution is 5.67. The van der Waals surface area contributed by atoms with Crippen molar-refractivity contribution in [1.82, 2.24) is 10.6 Å². The first-order valence-corrected chi connectivity index (χ1v) is 6.58. The summed E-state index contributed by atoms with van der Waals surface area (Å²) in [5, 5.41) is 6.17. The largest absolute Gasteiger partial charge is 0.444 e. The first-order chi connectivity index (χ1) is 8.15. The molecule has 108 valence electrons. The first-order valence-electron chi connectivity index (χ1n) is 6.58. The normalized spacial score (nSPS) is 15.3. The van der Waals surface area contributed by atoms with E-state index in [-0.39, 0.29) is 18.2 Å². The Labute approximate surface area is 111 Å². The highest BCUT2D eigenvalue weighted by atomic mass is 16.6. The van der Waals surface area contributed by atoms with Gasteiger partial charge in [0.05, 0.1) is 0 Å². The van der Waals surface area contributed by atoms with Crippen LogP contribution in [0.15, 0.2) is 0 Å². The van der Waals surface area contributed by atoms with E-state index in [0.717, 1.165) is 0 Å². The molecular weight excluding hydrogens is 230 g/mol. The van der Waals surface area contributed by atoms with Gasteiger partial charge in [0.25, 0.3) is 0 Å². The van der Waals surface area contributed by atoms with Crippen molar-refractivity contribution in [1.29, 1.82) is 0 Å². The molecule has 0 saturated heterocycles. The van der Waals surface area contributed by atoms with Crippen molar-refractivity contribution in [3.8, 4) is 0 Å². The van der Waals surface area contributed by atoms with Gasteiger partial charge in [0.2, 0.25) is 0 Å². The third-order valence-electron chi connectivity index (χ3n) is 2.52. The van der Waals surface area contributed by atoms with Gasteiger partial charge in [-0.25, -0.2) is 4.79 Å². The lowest BCUT2D eigenvalue weighted by atomic mass is 10.0. The van der Waals surface area contributed by atoms with Crippen molar-refractivity contribution >= 4 is 6.09 Å². The number of nitrogens with two attached hydrogens (primary N) is 1. The summed E-state index contributed by atoms with van der Waals surface area (Å²) in [4.78, 5) is 11.6. The lowest BCUT2D eigenvalue weighted by Crippen LogP contribution is -2.50. The van der Waals surface area contributed by atoms with Crippen LogP contribution < -0.4 is 16.4 Å². The van der Waals surface area contributed by atoms with E-state index < -0.39 is 5.60 Å². The Kier molecular flexibility index (Phi) is 7.25. The Bertz CT molecular complexity index is 249. The Morgan fingerprint density at radius 2 is 1.83 bits per heavy atom. The SMILES string of the molecule is CC(CN)NC(CNC(=O)OC(C)(C)C)C(C)C. The summed E-state index contributed by atoms with van der Waals surface area (Å²) in [5.41, 5.74) is 5.12. The minimum atomic E-state index is -0.463. The number of rotatable bonds is 6. The summed E-state index contributed by atoms with van der Waals surface area (Å²) in [6.07, 6.45) is -0.379. The van der Waals surface area contributed by atoms with E-state index in [1.807, 2.05) is 27.7 Å². The fourth-order valence-corrected chi connectivity index (χ4v) is 1.43. The molecule has 0 aliphatic heterocycles. The molecule has 5 heteroatoms. The van der Waals surface area contributed by atoms with Crippen molar-refractivity contribution in [2.45, 2.75) is 59.2 Å². The molecule has 0 aromatic carbocycles. The average Bonchev–Trinajstić information content (AvgIpc) is 2.20. The van der Waals surface area contributed by atoms with Gasteiger partial charge in [-0.15, -0.1) is 0 Å². The van der Waals surface area contributed by atoms with Crippen LogP contribution in [-0.2, 0) is 4.74 Å². The minimum absolute atomic E-state index is 0.191. The lowest BCUT2D eigenvalue weighted by molar-refractivity contribution is 0.0518. The van der Waals surface area contributed by atoms with Gasteiger partial charge in [-0.1, -0.05) is 13.8 Å². The molecule has 4 N–H and O–H groups in total. The van der Waals surface area contributed by atoms with Gasteiger partial charge >= 0.3 is 6.09 Å². The Balaban J connectivity index is 4.15. The van der Waals surface area contributed by atoms with Gasteiger partial charge in [0, 0.05) is 25.2 Å². The number of ether oxygens (including phenoxy) is 1. The molecule has 0 aliphatic rings. The highest BCUT2D eigenvalue weighted by Gasteiger charge is 2.19. The van der Waals surface area contributed by atoms with Gasteiger partial charge in [0.15, 0.2) is 0 Å². The third-order valence-corrected chi connectivity index (χ3v) is 2.52. The van der Waals surface area contributed by atoms with Crippen LogP contribution in [0.3, 0.4) is 0 Å². The second-order valence-corrected chi connectivity index (χ2v) is 6.04. The number of carbonyl (C=O) groups excluding carboxylic acids is 1. The van der Waals surface area contributed by atoms with Gasteiger partial charge in [-0.05, 0) is 33.6 Å². The number of hydrogen-bond donors (Lipinski definition) is 3. The Morgan fingerprint density at radius 1 is 1.28 bits per heavy atom. The molecule has 0 aliphatic carbocycles. The maximum atomic E-state index is 11.6. The van der Waals surface area contributed by atoms with E-state index in [4.69, 9.17) is 10.5 Å². The van der Waals surface area contributed by atoms with Crippen LogP contribution in [0.1, 0.15) is 41.5 Å². The molecule has 2 atom stereocenters. The molecule has 0 aromatic rings. The van der Waals surface area contributed by atoms with E-state index in [0.29, 0.717) is 19.0 Å². The predicted molar refractivity (Wildman–Crippen MR) is 74.5 cm³/mol. The van der Waals surface area contributed by atoms with Gasteiger partial charge in [-0.2, -0.15) is 0 Å². The molecule has 0 radical (unpaired) electrons. The lowest BCUT2D eigenvalue weighted by Gasteiger charge is -2.27. The van der Waals surface area contributed by atoms with Crippen molar-refractivity contribution in [3.05, 3.63) is 0 Å². The summed E-state index contributed by atoms with van der Waals surface area (Å²) >= 11 is 0. The topological polar surface area (TPSA) is 76.4 Å². The van der Waals surface area contributed by atoms with Crippen LogP contribution >= 0.6 is 0 Å². The molecule has 0 rings (SSSR count). The van der Waals surface area contributed by atoms with Crippen LogP contribution in [0.5, 0.6) is 0 Å². The third kappa shape index (κ3) is 8.31. The summed E-state index contributed by atoms with van der Waals surface area (Å²) in [7, 11) is 0. The molecule has 0 fully saturated rings. The summed E-state index contributed by atoms with van der Waals surface area (Å²) in [6.45, 7) is 12.9. The summed E-state index contributed by atoms with van der Waals surface area (Å²) in [5.74, 6) is 0.411. The number of carbonyl (C=O) groups is 1. The maximum Gasteiger partial charge on any atom is 0.407 e. The van der Waals surface area contributed by atoms with Crippen molar-refractivity contribution in [2.75, 3.05) is 13.1 Å². The van der Waals surface area contributed by atoms with Crippen molar-refractivity contribution in [3.63, 3.8) is 0 Å². The van der Waals surface area contributed by atoms with E-state index in [2.05, 4.69) is 24.5 Å². The fourth-order valence-electron chi connectivity index (χ4n) is 1.43. The highest BCUT2D eigenvalue weighted by Crippen LogP contribution is 2.07.